The predicted molar refractivity (Wildman–Crippen MR) is 123 cm³/mol. The Balaban J connectivity index is 1.72. The van der Waals surface area contributed by atoms with Gasteiger partial charge in [0, 0.05) is 36.3 Å². The van der Waals surface area contributed by atoms with Gasteiger partial charge in [0.05, 0.1) is 19.3 Å². The van der Waals surface area contributed by atoms with Crippen LogP contribution in [0.2, 0.25) is 0 Å². The molecule has 0 spiro atoms. The summed E-state index contributed by atoms with van der Waals surface area (Å²) in [6.45, 7) is 2.65. The van der Waals surface area contributed by atoms with E-state index in [-0.39, 0.29) is 5.91 Å². The third-order valence-corrected chi connectivity index (χ3v) is 5.14. The van der Waals surface area contributed by atoms with Crippen molar-refractivity contribution < 1.29 is 9.53 Å². The first-order chi connectivity index (χ1) is 15.6. The van der Waals surface area contributed by atoms with Gasteiger partial charge in [-0.05, 0) is 48.4 Å². The number of methoxy groups -OCH3 is 1. The topological polar surface area (TPSA) is 68.2 Å². The Labute approximate surface area is 187 Å². The van der Waals surface area contributed by atoms with Gasteiger partial charge in [-0.2, -0.15) is 0 Å². The van der Waals surface area contributed by atoms with E-state index in [0.29, 0.717) is 30.2 Å². The maximum Gasteiger partial charge on any atom is 0.254 e. The van der Waals surface area contributed by atoms with Crippen LogP contribution in [0.5, 0.6) is 5.75 Å². The van der Waals surface area contributed by atoms with Crippen LogP contribution in [-0.4, -0.2) is 32.9 Å². The van der Waals surface area contributed by atoms with Gasteiger partial charge in [-0.15, -0.1) is 0 Å². The van der Waals surface area contributed by atoms with Crippen LogP contribution >= 0.6 is 0 Å². The fourth-order valence-electron chi connectivity index (χ4n) is 3.53. The van der Waals surface area contributed by atoms with Gasteiger partial charge in [0.2, 0.25) is 0 Å². The van der Waals surface area contributed by atoms with Gasteiger partial charge in [-0.1, -0.05) is 36.4 Å². The van der Waals surface area contributed by atoms with E-state index in [0.717, 1.165) is 22.4 Å². The van der Waals surface area contributed by atoms with Crippen molar-refractivity contribution in [1.82, 2.24) is 19.9 Å². The summed E-state index contributed by atoms with van der Waals surface area (Å²) in [5.41, 5.74) is 4.24. The fraction of sp³-hybridized carbons (Fsp3) is 0.154. The molecule has 0 aliphatic carbocycles. The minimum Gasteiger partial charge on any atom is -0.497 e. The van der Waals surface area contributed by atoms with Crippen molar-refractivity contribution in [3.05, 3.63) is 108 Å². The number of nitrogens with zero attached hydrogens (tertiary/aromatic N) is 4. The Bertz CT molecular complexity index is 1200. The number of pyridine rings is 1. The molecule has 0 atom stereocenters. The molecule has 0 N–H and O–H groups in total. The molecular weight excluding hydrogens is 400 g/mol. The second-order valence-electron chi connectivity index (χ2n) is 7.39. The summed E-state index contributed by atoms with van der Waals surface area (Å²) in [5, 5.41) is 0. The summed E-state index contributed by atoms with van der Waals surface area (Å²) in [7, 11) is 1.59. The van der Waals surface area contributed by atoms with E-state index in [1.807, 2.05) is 67.7 Å². The van der Waals surface area contributed by atoms with E-state index in [4.69, 9.17) is 9.72 Å². The van der Waals surface area contributed by atoms with Gasteiger partial charge in [0.25, 0.3) is 5.91 Å². The normalized spacial score (nSPS) is 10.6. The average Bonchev–Trinajstić information content (AvgIpc) is 2.84. The molecule has 6 nitrogen and oxygen atoms in total. The lowest BCUT2D eigenvalue weighted by atomic mass is 10.1. The lowest BCUT2D eigenvalue weighted by Crippen LogP contribution is -2.31. The maximum absolute atomic E-state index is 13.6. The summed E-state index contributed by atoms with van der Waals surface area (Å²) in [6.07, 6.45) is 5.29. The third-order valence-electron chi connectivity index (χ3n) is 5.14. The first-order valence-electron chi connectivity index (χ1n) is 10.3. The molecule has 0 fully saturated rings. The smallest absolute Gasteiger partial charge is 0.254 e. The molecule has 1 amide bonds. The summed E-state index contributed by atoms with van der Waals surface area (Å²) in [5.74, 6) is 1.21. The monoisotopic (exact) mass is 424 g/mol. The molecular formula is C26H24N4O2. The molecule has 0 saturated carbocycles. The summed E-state index contributed by atoms with van der Waals surface area (Å²) >= 11 is 0. The van der Waals surface area contributed by atoms with Crippen molar-refractivity contribution in [1.29, 1.82) is 0 Å². The highest BCUT2D eigenvalue weighted by molar-refractivity contribution is 5.94. The van der Waals surface area contributed by atoms with E-state index in [9.17, 15) is 4.79 Å². The number of hydrogen-bond donors (Lipinski definition) is 0. The zero-order valence-corrected chi connectivity index (χ0v) is 18.1. The van der Waals surface area contributed by atoms with E-state index >= 15 is 0 Å². The van der Waals surface area contributed by atoms with Crippen molar-refractivity contribution in [2.75, 3.05) is 7.11 Å². The summed E-state index contributed by atoms with van der Waals surface area (Å²) in [4.78, 5) is 28.5. The van der Waals surface area contributed by atoms with Crippen molar-refractivity contribution in [2.24, 2.45) is 0 Å². The SMILES string of the molecule is COc1cccc(C(=O)N(Cc2ccccc2)Cc2nc(C)ncc2-c2ccncc2)c1. The van der Waals surface area contributed by atoms with E-state index in [1.165, 1.54) is 0 Å². The number of rotatable bonds is 7. The second kappa shape index (κ2) is 9.83. The number of amides is 1. The Morgan fingerprint density at radius 1 is 0.969 bits per heavy atom. The zero-order chi connectivity index (χ0) is 22.3. The highest BCUT2D eigenvalue weighted by Crippen LogP contribution is 2.24. The van der Waals surface area contributed by atoms with Crippen LogP contribution in [0.15, 0.2) is 85.3 Å². The molecule has 0 aliphatic rings. The Hall–Kier alpha value is -4.06. The summed E-state index contributed by atoms with van der Waals surface area (Å²) in [6, 6.07) is 21.0. The second-order valence-corrected chi connectivity index (χ2v) is 7.39. The number of ether oxygens (including phenoxy) is 1. The molecule has 0 saturated heterocycles. The lowest BCUT2D eigenvalue weighted by molar-refractivity contribution is 0.0727. The molecule has 2 heterocycles. The minimum absolute atomic E-state index is 0.0929. The van der Waals surface area contributed by atoms with Crippen molar-refractivity contribution in [3.63, 3.8) is 0 Å². The molecule has 6 heteroatoms. The Morgan fingerprint density at radius 3 is 2.50 bits per heavy atom. The largest absolute Gasteiger partial charge is 0.497 e. The van der Waals surface area contributed by atoms with Crippen LogP contribution in [0, 0.1) is 6.92 Å². The van der Waals surface area contributed by atoms with E-state index in [1.54, 1.807) is 36.5 Å². The van der Waals surface area contributed by atoms with E-state index < -0.39 is 0 Å². The van der Waals surface area contributed by atoms with Gasteiger partial charge in [-0.3, -0.25) is 9.78 Å². The molecule has 2 aromatic carbocycles. The predicted octanol–water partition coefficient (Wildman–Crippen LogP) is 4.70. The van der Waals surface area contributed by atoms with Crippen LogP contribution in [0.25, 0.3) is 11.1 Å². The summed E-state index contributed by atoms with van der Waals surface area (Å²) < 4.78 is 5.32. The average molecular weight is 425 g/mol. The van der Waals surface area contributed by atoms with Gasteiger partial charge in [0.1, 0.15) is 11.6 Å². The van der Waals surface area contributed by atoms with Crippen LogP contribution in [0.3, 0.4) is 0 Å². The van der Waals surface area contributed by atoms with Crippen molar-refractivity contribution in [2.45, 2.75) is 20.0 Å². The fourth-order valence-corrected chi connectivity index (χ4v) is 3.53. The number of benzene rings is 2. The van der Waals surface area contributed by atoms with Crippen LogP contribution in [0.4, 0.5) is 0 Å². The van der Waals surface area contributed by atoms with Crippen molar-refractivity contribution >= 4 is 5.91 Å². The van der Waals surface area contributed by atoms with Crippen LogP contribution in [0.1, 0.15) is 27.4 Å². The standard InChI is InChI=1S/C26H24N4O2/c1-19-28-16-24(21-11-13-27-14-12-21)25(29-19)18-30(17-20-7-4-3-5-8-20)26(31)22-9-6-10-23(15-22)32-2/h3-16H,17-18H2,1-2H3. The quantitative estimate of drug-likeness (QED) is 0.430. The van der Waals surface area contributed by atoms with Crippen LogP contribution in [-0.2, 0) is 13.1 Å². The van der Waals surface area contributed by atoms with Crippen molar-refractivity contribution in [3.8, 4) is 16.9 Å². The van der Waals surface area contributed by atoms with Gasteiger partial charge >= 0.3 is 0 Å². The molecule has 2 aromatic heterocycles. The maximum atomic E-state index is 13.6. The van der Waals surface area contributed by atoms with Crippen LogP contribution < -0.4 is 4.74 Å². The minimum atomic E-state index is -0.0929. The molecule has 0 bridgehead atoms. The number of carbonyl (C=O) groups is 1. The molecule has 32 heavy (non-hydrogen) atoms. The number of aromatic nitrogens is 3. The highest BCUT2D eigenvalue weighted by atomic mass is 16.5. The number of hydrogen-bond acceptors (Lipinski definition) is 5. The molecule has 0 aliphatic heterocycles. The van der Waals surface area contributed by atoms with Gasteiger partial charge in [0.15, 0.2) is 0 Å². The molecule has 160 valence electrons. The van der Waals surface area contributed by atoms with Gasteiger partial charge < -0.3 is 9.64 Å². The molecule has 0 radical (unpaired) electrons. The number of carbonyl (C=O) groups excluding carboxylic acids is 1. The zero-order valence-electron chi connectivity index (χ0n) is 18.1. The third kappa shape index (κ3) is 4.98. The Morgan fingerprint density at radius 2 is 1.75 bits per heavy atom. The van der Waals surface area contributed by atoms with Gasteiger partial charge in [-0.25, -0.2) is 9.97 Å². The number of aryl methyl sites for hydroxylation is 1. The lowest BCUT2D eigenvalue weighted by Gasteiger charge is -2.24. The molecule has 4 aromatic rings. The highest BCUT2D eigenvalue weighted by Gasteiger charge is 2.20. The molecule has 0 unspecified atom stereocenters. The first kappa shape index (κ1) is 21.2. The molecule has 4 rings (SSSR count). The first-order valence-corrected chi connectivity index (χ1v) is 10.3. The van der Waals surface area contributed by atoms with E-state index in [2.05, 4.69) is 9.97 Å². The Kier molecular flexibility index (Phi) is 6.51.